The summed E-state index contributed by atoms with van der Waals surface area (Å²) in [5, 5.41) is 0. The Morgan fingerprint density at radius 1 is 1.09 bits per heavy atom. The molecule has 0 unspecified atom stereocenters. The van der Waals surface area contributed by atoms with Gasteiger partial charge in [-0.25, -0.2) is 0 Å². The maximum absolute atomic E-state index is 11.6. The van der Waals surface area contributed by atoms with Gasteiger partial charge in [0.15, 0.2) is 0 Å². The minimum absolute atomic E-state index is 0.154. The fourth-order valence-corrected chi connectivity index (χ4v) is 3.27. The Labute approximate surface area is 131 Å². The van der Waals surface area contributed by atoms with Crippen molar-refractivity contribution in [3.8, 4) is 0 Å². The van der Waals surface area contributed by atoms with E-state index in [2.05, 4.69) is 36.2 Å². The van der Waals surface area contributed by atoms with Crippen LogP contribution in [0.4, 0.5) is 5.69 Å². The number of anilines is 1. The summed E-state index contributed by atoms with van der Waals surface area (Å²) in [6.07, 6.45) is 1.77. The number of aryl methyl sites for hydroxylation is 1. The second kappa shape index (κ2) is 6.22. The number of hydrogen-bond donors (Lipinski definition) is 0. The molecule has 22 heavy (non-hydrogen) atoms. The van der Waals surface area contributed by atoms with Crippen LogP contribution in [0.1, 0.15) is 30.6 Å². The molecule has 2 atom stereocenters. The number of rotatable bonds is 3. The SMILES string of the molecule is CC(=O)O[C@H]1c2ccccc2CC[C@@H]1N(C)c1ccccc1. The fraction of sp³-hybridized carbons (Fsp3) is 0.316. The van der Waals surface area contributed by atoms with Gasteiger partial charge in [-0.05, 0) is 36.1 Å². The molecular weight excluding hydrogens is 274 g/mol. The number of fused-ring (bicyclic) bond motifs is 1. The normalized spacial score (nSPS) is 20.1. The summed E-state index contributed by atoms with van der Waals surface area (Å²) in [5.74, 6) is -0.229. The van der Waals surface area contributed by atoms with E-state index < -0.39 is 0 Å². The van der Waals surface area contributed by atoms with E-state index in [4.69, 9.17) is 4.74 Å². The monoisotopic (exact) mass is 295 g/mol. The fourth-order valence-electron chi connectivity index (χ4n) is 3.27. The number of carbonyl (C=O) groups is 1. The molecule has 3 nitrogen and oxygen atoms in total. The van der Waals surface area contributed by atoms with Gasteiger partial charge in [0, 0.05) is 19.7 Å². The molecule has 114 valence electrons. The smallest absolute Gasteiger partial charge is 0.303 e. The van der Waals surface area contributed by atoms with Gasteiger partial charge in [0.1, 0.15) is 6.10 Å². The van der Waals surface area contributed by atoms with Crippen LogP contribution in [0.25, 0.3) is 0 Å². The van der Waals surface area contributed by atoms with Crippen molar-refractivity contribution in [2.45, 2.75) is 31.9 Å². The van der Waals surface area contributed by atoms with Gasteiger partial charge in [-0.15, -0.1) is 0 Å². The van der Waals surface area contributed by atoms with Crippen LogP contribution in [0.5, 0.6) is 0 Å². The van der Waals surface area contributed by atoms with Crippen molar-refractivity contribution < 1.29 is 9.53 Å². The average Bonchev–Trinajstić information content (AvgIpc) is 2.55. The van der Waals surface area contributed by atoms with Crippen LogP contribution in [0.15, 0.2) is 54.6 Å². The first kappa shape index (κ1) is 14.6. The van der Waals surface area contributed by atoms with Crippen molar-refractivity contribution in [1.29, 1.82) is 0 Å². The number of ether oxygens (including phenoxy) is 1. The lowest BCUT2D eigenvalue weighted by molar-refractivity contribution is -0.148. The van der Waals surface area contributed by atoms with Crippen LogP contribution in [0.3, 0.4) is 0 Å². The van der Waals surface area contributed by atoms with Crippen LogP contribution in [0, 0.1) is 0 Å². The van der Waals surface area contributed by atoms with E-state index in [9.17, 15) is 4.79 Å². The van der Waals surface area contributed by atoms with E-state index >= 15 is 0 Å². The third-order valence-corrected chi connectivity index (χ3v) is 4.37. The van der Waals surface area contributed by atoms with E-state index in [1.54, 1.807) is 0 Å². The predicted molar refractivity (Wildman–Crippen MR) is 87.9 cm³/mol. The molecular formula is C19H21NO2. The Kier molecular flexibility index (Phi) is 4.14. The highest BCUT2D eigenvalue weighted by Gasteiger charge is 2.34. The van der Waals surface area contributed by atoms with Gasteiger partial charge in [-0.2, -0.15) is 0 Å². The summed E-state index contributed by atoms with van der Waals surface area (Å²) in [6, 6.07) is 18.7. The topological polar surface area (TPSA) is 29.5 Å². The average molecular weight is 295 g/mol. The second-order valence-electron chi connectivity index (χ2n) is 5.78. The lowest BCUT2D eigenvalue weighted by Crippen LogP contribution is -2.41. The largest absolute Gasteiger partial charge is 0.455 e. The molecule has 0 aromatic heterocycles. The number of likely N-dealkylation sites (N-methyl/N-ethyl adjacent to an activating group) is 1. The molecule has 0 radical (unpaired) electrons. The Morgan fingerprint density at radius 2 is 1.77 bits per heavy atom. The predicted octanol–water partition coefficient (Wildman–Crippen LogP) is 3.74. The third-order valence-electron chi connectivity index (χ3n) is 4.37. The van der Waals surface area contributed by atoms with Gasteiger partial charge in [0.2, 0.25) is 0 Å². The third kappa shape index (κ3) is 2.84. The summed E-state index contributed by atoms with van der Waals surface area (Å²) < 4.78 is 5.69. The highest BCUT2D eigenvalue weighted by atomic mass is 16.5. The van der Waals surface area contributed by atoms with Crippen molar-refractivity contribution >= 4 is 11.7 Å². The standard InChI is InChI=1S/C19H21NO2/c1-14(21)22-19-17-11-7-6-8-15(17)12-13-18(19)20(2)16-9-4-3-5-10-16/h3-11,18-19H,12-13H2,1-2H3/t18-,19-/m0/s1. The van der Waals surface area contributed by atoms with Crippen molar-refractivity contribution in [1.82, 2.24) is 0 Å². The second-order valence-corrected chi connectivity index (χ2v) is 5.78. The maximum atomic E-state index is 11.6. The number of benzene rings is 2. The molecule has 0 bridgehead atoms. The maximum Gasteiger partial charge on any atom is 0.303 e. The lowest BCUT2D eigenvalue weighted by atomic mass is 9.85. The van der Waals surface area contributed by atoms with Gasteiger partial charge in [-0.3, -0.25) is 4.79 Å². The molecule has 0 N–H and O–H groups in total. The molecule has 1 aliphatic rings. The van der Waals surface area contributed by atoms with Crippen LogP contribution >= 0.6 is 0 Å². The summed E-state index contributed by atoms with van der Waals surface area (Å²) in [4.78, 5) is 13.8. The molecule has 0 saturated carbocycles. The van der Waals surface area contributed by atoms with Gasteiger partial charge in [0.05, 0.1) is 6.04 Å². The highest BCUT2D eigenvalue weighted by molar-refractivity contribution is 5.66. The zero-order chi connectivity index (χ0) is 15.5. The number of carbonyl (C=O) groups excluding carboxylic acids is 1. The molecule has 0 heterocycles. The first-order chi connectivity index (χ1) is 10.7. The molecule has 3 rings (SSSR count). The number of hydrogen-bond acceptors (Lipinski definition) is 3. The first-order valence-corrected chi connectivity index (χ1v) is 7.69. The summed E-state index contributed by atoms with van der Waals surface area (Å²) >= 11 is 0. The van der Waals surface area contributed by atoms with Crippen LogP contribution in [0.2, 0.25) is 0 Å². The molecule has 1 aliphatic carbocycles. The van der Waals surface area contributed by atoms with Crippen LogP contribution in [-0.2, 0) is 16.0 Å². The van der Waals surface area contributed by atoms with E-state index in [0.29, 0.717) is 0 Å². The van der Waals surface area contributed by atoms with Gasteiger partial charge in [-0.1, -0.05) is 42.5 Å². The molecule has 0 saturated heterocycles. The zero-order valence-electron chi connectivity index (χ0n) is 13.0. The van der Waals surface area contributed by atoms with Crippen LogP contribution in [-0.4, -0.2) is 19.1 Å². The lowest BCUT2D eigenvalue weighted by Gasteiger charge is -2.39. The van der Waals surface area contributed by atoms with E-state index in [1.165, 1.54) is 12.5 Å². The quantitative estimate of drug-likeness (QED) is 0.808. The number of nitrogens with zero attached hydrogens (tertiary/aromatic N) is 1. The molecule has 0 spiro atoms. The molecule has 0 aliphatic heterocycles. The summed E-state index contributed by atoms with van der Waals surface area (Å²) in [6.45, 7) is 1.48. The minimum atomic E-state index is -0.229. The van der Waals surface area contributed by atoms with E-state index in [-0.39, 0.29) is 18.1 Å². The first-order valence-electron chi connectivity index (χ1n) is 7.69. The summed E-state index contributed by atoms with van der Waals surface area (Å²) in [7, 11) is 2.07. The van der Waals surface area contributed by atoms with Crippen molar-refractivity contribution in [3.05, 3.63) is 65.7 Å². The van der Waals surface area contributed by atoms with Crippen LogP contribution < -0.4 is 4.90 Å². The Hall–Kier alpha value is -2.29. The van der Waals surface area contributed by atoms with Crippen molar-refractivity contribution in [2.24, 2.45) is 0 Å². The molecule has 0 fully saturated rings. The number of para-hydroxylation sites is 1. The minimum Gasteiger partial charge on any atom is -0.455 e. The van der Waals surface area contributed by atoms with Gasteiger partial charge < -0.3 is 9.64 Å². The Bertz CT molecular complexity index is 653. The molecule has 3 heteroatoms. The zero-order valence-corrected chi connectivity index (χ0v) is 13.0. The van der Waals surface area contributed by atoms with Gasteiger partial charge >= 0.3 is 5.97 Å². The summed E-state index contributed by atoms with van der Waals surface area (Å²) in [5.41, 5.74) is 3.56. The van der Waals surface area contributed by atoms with Crippen molar-refractivity contribution in [2.75, 3.05) is 11.9 Å². The Balaban J connectivity index is 1.95. The van der Waals surface area contributed by atoms with Gasteiger partial charge in [0.25, 0.3) is 0 Å². The molecule has 2 aromatic rings. The van der Waals surface area contributed by atoms with E-state index in [1.807, 2.05) is 30.3 Å². The molecule has 0 amide bonds. The van der Waals surface area contributed by atoms with E-state index in [0.717, 1.165) is 24.1 Å². The number of esters is 1. The Morgan fingerprint density at radius 3 is 2.50 bits per heavy atom. The molecule has 2 aromatic carbocycles. The highest BCUT2D eigenvalue weighted by Crippen LogP contribution is 2.36. The van der Waals surface area contributed by atoms with Crippen molar-refractivity contribution in [3.63, 3.8) is 0 Å².